The Bertz CT molecular complexity index is 234. The van der Waals surface area contributed by atoms with E-state index in [1.165, 1.54) is 0 Å². The second-order valence-corrected chi connectivity index (χ2v) is 3.20. The fourth-order valence-electron chi connectivity index (χ4n) is 0.569. The van der Waals surface area contributed by atoms with E-state index in [-0.39, 0.29) is 29.6 Å². The molecule has 12 heteroatoms. The molecule has 0 saturated carbocycles. The maximum atomic E-state index is 10.2. The molecular weight excluding hydrogens is 315 g/mol. The van der Waals surface area contributed by atoms with Crippen LogP contribution >= 0.6 is 0 Å². The van der Waals surface area contributed by atoms with Crippen molar-refractivity contribution in [2.24, 2.45) is 0 Å². The van der Waals surface area contributed by atoms with Crippen molar-refractivity contribution in [3.8, 4) is 0 Å². The molecule has 0 bridgehead atoms. The summed E-state index contributed by atoms with van der Waals surface area (Å²) in [4.78, 5) is 20.0. The molecule has 0 aromatic carbocycles. The number of ether oxygens (including phenoxy) is 4. The summed E-state index contributed by atoms with van der Waals surface area (Å²) in [6.07, 6.45) is -1.13. The van der Waals surface area contributed by atoms with Crippen molar-refractivity contribution in [1.82, 2.24) is 0 Å². The Morgan fingerprint density at radius 2 is 1.40 bits per heavy atom. The van der Waals surface area contributed by atoms with Gasteiger partial charge in [0.25, 0.3) is 0 Å². The van der Waals surface area contributed by atoms with Crippen LogP contribution in [0, 0.1) is 10.2 Å². The van der Waals surface area contributed by atoms with E-state index in [4.69, 9.17) is 18.6 Å². The SMILES string of the molecule is CCOC(=O)OCC.O=C1OCCO1.[Na+].[O-][Cl+3]([O-])([O-])[O-]. The van der Waals surface area contributed by atoms with Gasteiger partial charge in [-0.15, -0.1) is 10.2 Å². The van der Waals surface area contributed by atoms with E-state index in [2.05, 4.69) is 18.9 Å². The Balaban J connectivity index is -0.000000217. The van der Waals surface area contributed by atoms with Crippen LogP contribution in [0.1, 0.15) is 13.8 Å². The standard InChI is InChI=1S/C5H10O3.C3H4O3.ClHO4.Na/c1-3-7-5(6)8-4-2;4-3-5-1-2-6-3;2-1(3,4)5;/h3-4H2,1-2H3;1-2H2;(H,2,3,4,5);/q;;;+1/p-1. The van der Waals surface area contributed by atoms with Crippen molar-refractivity contribution >= 4 is 12.3 Å². The van der Waals surface area contributed by atoms with Crippen LogP contribution in [0.4, 0.5) is 9.59 Å². The summed E-state index contributed by atoms with van der Waals surface area (Å²) in [5.41, 5.74) is 0. The molecule has 1 rings (SSSR count). The summed E-state index contributed by atoms with van der Waals surface area (Å²) in [5.74, 6) is 0. The van der Waals surface area contributed by atoms with E-state index >= 15 is 0 Å². The zero-order valence-electron chi connectivity index (χ0n) is 11.3. The van der Waals surface area contributed by atoms with E-state index in [1.807, 2.05) is 0 Å². The van der Waals surface area contributed by atoms with Gasteiger partial charge in [-0.2, -0.15) is 0 Å². The van der Waals surface area contributed by atoms with Gasteiger partial charge in [0.15, 0.2) is 0 Å². The van der Waals surface area contributed by atoms with Gasteiger partial charge < -0.3 is 18.9 Å². The zero-order valence-corrected chi connectivity index (χ0v) is 14.0. The summed E-state index contributed by atoms with van der Waals surface area (Å²) in [7, 11) is -4.94. The minimum Gasteiger partial charge on any atom is -0.435 e. The van der Waals surface area contributed by atoms with Gasteiger partial charge in [0.1, 0.15) is 13.2 Å². The smallest absolute Gasteiger partial charge is 0.435 e. The minimum absolute atomic E-state index is 0. The molecule has 0 N–H and O–H groups in total. The quantitative estimate of drug-likeness (QED) is 0.351. The largest absolute Gasteiger partial charge is 1.00 e. The fraction of sp³-hybridized carbons (Fsp3) is 0.750. The van der Waals surface area contributed by atoms with Crippen LogP contribution in [-0.4, -0.2) is 38.7 Å². The summed E-state index contributed by atoms with van der Waals surface area (Å²) < 4.78 is 51.4. The molecule has 0 aromatic heterocycles. The Morgan fingerprint density at radius 1 is 1.10 bits per heavy atom. The zero-order chi connectivity index (χ0) is 15.3. The van der Waals surface area contributed by atoms with E-state index in [0.29, 0.717) is 26.4 Å². The first-order valence-electron chi connectivity index (χ1n) is 4.91. The molecule has 0 radical (unpaired) electrons. The van der Waals surface area contributed by atoms with Gasteiger partial charge in [0, 0.05) is 0 Å². The van der Waals surface area contributed by atoms with Crippen molar-refractivity contribution < 1.29 is 87.0 Å². The molecule has 0 amide bonds. The Hall–Kier alpha value is -0.330. The molecule has 0 aliphatic carbocycles. The molecule has 10 nitrogen and oxygen atoms in total. The van der Waals surface area contributed by atoms with Crippen molar-refractivity contribution in [2.45, 2.75) is 13.8 Å². The van der Waals surface area contributed by atoms with Crippen molar-refractivity contribution in [1.29, 1.82) is 0 Å². The third kappa shape index (κ3) is 30.6. The molecule has 1 saturated heterocycles. The summed E-state index contributed by atoms with van der Waals surface area (Å²) in [6, 6.07) is 0. The van der Waals surface area contributed by atoms with Gasteiger partial charge in [-0.3, -0.25) is 0 Å². The van der Waals surface area contributed by atoms with Crippen LogP contribution in [0.5, 0.6) is 0 Å². The monoisotopic (exact) mass is 328 g/mol. The number of carbonyl (C=O) groups excluding carboxylic acids is 2. The molecule has 20 heavy (non-hydrogen) atoms. The topological polar surface area (TPSA) is 163 Å². The van der Waals surface area contributed by atoms with Crippen LogP contribution in [-0.2, 0) is 18.9 Å². The van der Waals surface area contributed by atoms with Crippen LogP contribution in [0.15, 0.2) is 0 Å². The van der Waals surface area contributed by atoms with Gasteiger partial charge in [0.2, 0.25) is 0 Å². The number of rotatable bonds is 2. The number of hydrogen-bond donors (Lipinski definition) is 0. The Morgan fingerprint density at radius 3 is 1.55 bits per heavy atom. The summed E-state index contributed by atoms with van der Waals surface area (Å²) in [6.45, 7) is 5.04. The van der Waals surface area contributed by atoms with E-state index in [0.717, 1.165) is 0 Å². The van der Waals surface area contributed by atoms with E-state index in [9.17, 15) is 9.59 Å². The molecule has 1 aliphatic rings. The van der Waals surface area contributed by atoms with Gasteiger partial charge in [0.05, 0.1) is 13.2 Å². The number of hydrogen-bond acceptors (Lipinski definition) is 10. The second-order valence-electron chi connectivity index (χ2n) is 2.44. The van der Waals surface area contributed by atoms with Gasteiger partial charge in [-0.1, -0.05) is 0 Å². The molecule has 1 heterocycles. The molecule has 0 spiro atoms. The predicted octanol–water partition coefficient (Wildman–Crippen LogP) is -6.42. The maximum absolute atomic E-state index is 10.2. The van der Waals surface area contributed by atoms with Gasteiger partial charge in [-0.25, -0.2) is 28.2 Å². The first-order valence-corrected chi connectivity index (χ1v) is 6.15. The molecule has 114 valence electrons. The molecular formula is C8H14ClNaO10. The average Bonchev–Trinajstić information content (AvgIpc) is 2.68. The van der Waals surface area contributed by atoms with Gasteiger partial charge in [-0.05, 0) is 13.8 Å². The van der Waals surface area contributed by atoms with Crippen molar-refractivity contribution in [2.75, 3.05) is 26.4 Å². The normalized spacial score (nSPS) is 12.2. The predicted molar refractivity (Wildman–Crippen MR) is 45.9 cm³/mol. The molecule has 0 atom stereocenters. The summed E-state index contributed by atoms with van der Waals surface area (Å²) >= 11 is 0. The third-order valence-corrected chi connectivity index (χ3v) is 1.05. The number of halogens is 1. The minimum atomic E-state index is -4.94. The first-order chi connectivity index (χ1) is 8.70. The molecule has 0 aromatic rings. The van der Waals surface area contributed by atoms with E-state index < -0.39 is 22.6 Å². The molecule has 1 aliphatic heterocycles. The summed E-state index contributed by atoms with van der Waals surface area (Å²) in [5, 5.41) is 0. The number of cyclic esters (lactones) is 2. The molecule has 0 unspecified atom stereocenters. The van der Waals surface area contributed by atoms with Crippen LogP contribution in [0.25, 0.3) is 0 Å². The van der Waals surface area contributed by atoms with Crippen LogP contribution in [0.2, 0.25) is 0 Å². The first kappa shape index (κ1) is 24.7. The fourth-order valence-corrected chi connectivity index (χ4v) is 0.569. The number of carbonyl (C=O) groups is 2. The van der Waals surface area contributed by atoms with Crippen molar-refractivity contribution in [3.05, 3.63) is 0 Å². The third-order valence-electron chi connectivity index (χ3n) is 1.05. The Labute approximate surface area is 139 Å². The Kier molecular flexibility index (Phi) is 18.6. The maximum Gasteiger partial charge on any atom is 1.00 e. The second kappa shape index (κ2) is 15.1. The average molecular weight is 329 g/mol. The van der Waals surface area contributed by atoms with Crippen molar-refractivity contribution in [3.63, 3.8) is 0 Å². The van der Waals surface area contributed by atoms with Crippen LogP contribution < -0.4 is 48.2 Å². The van der Waals surface area contributed by atoms with Gasteiger partial charge >= 0.3 is 41.9 Å². The van der Waals surface area contributed by atoms with Crippen LogP contribution in [0.3, 0.4) is 0 Å². The van der Waals surface area contributed by atoms with E-state index in [1.54, 1.807) is 13.8 Å². The molecule has 1 fully saturated rings.